The normalized spacial score (nSPS) is 11.4. The third-order valence-electron chi connectivity index (χ3n) is 2.81. The second kappa shape index (κ2) is 4.53. The number of benzene rings is 1. The van der Waals surface area contributed by atoms with Crippen molar-refractivity contribution >= 4 is 11.1 Å². The van der Waals surface area contributed by atoms with Crippen molar-refractivity contribution in [1.29, 1.82) is 0 Å². The molecule has 4 heteroatoms. The molecule has 0 unspecified atom stereocenters. The summed E-state index contributed by atoms with van der Waals surface area (Å²) in [6, 6.07) is 5.84. The minimum atomic E-state index is -0.391. The van der Waals surface area contributed by atoms with Crippen LogP contribution in [0.15, 0.2) is 27.4 Å². The number of H-pyrrole nitrogens is 1. The van der Waals surface area contributed by atoms with Crippen molar-refractivity contribution in [2.24, 2.45) is 0 Å². The van der Waals surface area contributed by atoms with E-state index in [-0.39, 0.29) is 0 Å². The largest absolute Gasteiger partial charge is 0.417 e. The summed E-state index contributed by atoms with van der Waals surface area (Å²) in [5, 5.41) is 0. The second-order valence-corrected chi connectivity index (χ2v) is 3.99. The highest BCUT2D eigenvalue weighted by molar-refractivity contribution is 5.72. The van der Waals surface area contributed by atoms with Crippen LogP contribution in [0.5, 0.6) is 0 Å². The van der Waals surface area contributed by atoms with E-state index in [2.05, 4.69) is 23.9 Å². The first-order chi connectivity index (χ1) is 7.69. The van der Waals surface area contributed by atoms with Gasteiger partial charge in [-0.2, -0.15) is 0 Å². The number of aromatic nitrogens is 1. The summed E-state index contributed by atoms with van der Waals surface area (Å²) in [5.74, 6) is -0.391. The van der Waals surface area contributed by atoms with Crippen molar-refractivity contribution in [2.75, 3.05) is 20.1 Å². The number of nitrogens with zero attached hydrogens (tertiary/aromatic N) is 1. The smallest absolute Gasteiger partial charge is 0.408 e. The Hall–Kier alpha value is -1.55. The van der Waals surface area contributed by atoms with Gasteiger partial charge in [0.05, 0.1) is 5.52 Å². The van der Waals surface area contributed by atoms with Crippen LogP contribution in [0.2, 0.25) is 0 Å². The predicted molar refractivity (Wildman–Crippen MR) is 63.7 cm³/mol. The Morgan fingerprint density at radius 2 is 2.25 bits per heavy atom. The Morgan fingerprint density at radius 1 is 1.44 bits per heavy atom. The molecule has 0 saturated carbocycles. The van der Waals surface area contributed by atoms with E-state index >= 15 is 0 Å². The summed E-state index contributed by atoms with van der Waals surface area (Å²) in [7, 11) is 2.09. The standard InChI is InChI=1S/C12H16N2O2/c1-3-14(2)7-6-9-4-5-10-11(8-9)16-12(15)13-10/h4-5,8H,3,6-7H2,1-2H3,(H,13,15). The van der Waals surface area contributed by atoms with E-state index < -0.39 is 5.76 Å². The summed E-state index contributed by atoms with van der Waals surface area (Å²) >= 11 is 0. The van der Waals surface area contributed by atoms with Gasteiger partial charge in [0.2, 0.25) is 0 Å². The van der Waals surface area contributed by atoms with Crippen LogP contribution in [0.3, 0.4) is 0 Å². The van der Waals surface area contributed by atoms with E-state index in [1.54, 1.807) is 0 Å². The van der Waals surface area contributed by atoms with E-state index in [1.165, 1.54) is 5.56 Å². The molecule has 0 radical (unpaired) electrons. The number of oxazole rings is 1. The van der Waals surface area contributed by atoms with Gasteiger partial charge in [-0.25, -0.2) is 4.79 Å². The molecule has 4 nitrogen and oxygen atoms in total. The lowest BCUT2D eigenvalue weighted by molar-refractivity contribution is 0.357. The van der Waals surface area contributed by atoms with Crippen LogP contribution in [0.25, 0.3) is 11.1 Å². The Balaban J connectivity index is 2.16. The zero-order chi connectivity index (χ0) is 11.5. The van der Waals surface area contributed by atoms with Gasteiger partial charge < -0.3 is 9.32 Å². The Bertz CT molecular complexity index is 527. The fourth-order valence-corrected chi connectivity index (χ4v) is 1.62. The number of hydrogen-bond acceptors (Lipinski definition) is 3. The minimum Gasteiger partial charge on any atom is -0.408 e. The molecule has 16 heavy (non-hydrogen) atoms. The quantitative estimate of drug-likeness (QED) is 0.851. The van der Waals surface area contributed by atoms with Gasteiger partial charge in [0.1, 0.15) is 0 Å². The average Bonchev–Trinajstić information content (AvgIpc) is 2.65. The lowest BCUT2D eigenvalue weighted by Crippen LogP contribution is -2.20. The molecule has 0 atom stereocenters. The van der Waals surface area contributed by atoms with Crippen LogP contribution in [0.1, 0.15) is 12.5 Å². The molecule has 1 N–H and O–H groups in total. The predicted octanol–water partition coefficient (Wildman–Crippen LogP) is 1.62. The van der Waals surface area contributed by atoms with Gasteiger partial charge in [-0.3, -0.25) is 4.98 Å². The van der Waals surface area contributed by atoms with Crippen molar-refractivity contribution in [1.82, 2.24) is 9.88 Å². The summed E-state index contributed by atoms with van der Waals surface area (Å²) < 4.78 is 5.02. The van der Waals surface area contributed by atoms with Gasteiger partial charge >= 0.3 is 5.76 Å². The van der Waals surface area contributed by atoms with E-state index in [9.17, 15) is 4.79 Å². The van der Waals surface area contributed by atoms with Crippen LogP contribution >= 0.6 is 0 Å². The van der Waals surface area contributed by atoms with Gasteiger partial charge in [-0.1, -0.05) is 13.0 Å². The molecule has 1 heterocycles. The fraction of sp³-hybridized carbons (Fsp3) is 0.417. The zero-order valence-electron chi connectivity index (χ0n) is 9.62. The van der Waals surface area contributed by atoms with Gasteiger partial charge in [-0.15, -0.1) is 0 Å². The second-order valence-electron chi connectivity index (χ2n) is 3.99. The van der Waals surface area contributed by atoms with Crippen LogP contribution in [0.4, 0.5) is 0 Å². The molecule has 2 aromatic rings. The number of fused-ring (bicyclic) bond motifs is 1. The molecule has 0 aliphatic heterocycles. The van der Waals surface area contributed by atoms with Crippen LogP contribution in [-0.2, 0) is 6.42 Å². The monoisotopic (exact) mass is 220 g/mol. The molecule has 0 fully saturated rings. The van der Waals surface area contributed by atoms with Crippen molar-refractivity contribution in [3.63, 3.8) is 0 Å². The minimum absolute atomic E-state index is 0.391. The molecule has 0 aliphatic rings. The van der Waals surface area contributed by atoms with Crippen LogP contribution in [-0.4, -0.2) is 30.0 Å². The fourth-order valence-electron chi connectivity index (χ4n) is 1.62. The van der Waals surface area contributed by atoms with Gasteiger partial charge in [-0.05, 0) is 37.7 Å². The molecule has 0 bridgehead atoms. The van der Waals surface area contributed by atoms with Gasteiger partial charge in [0.25, 0.3) is 0 Å². The highest BCUT2D eigenvalue weighted by Crippen LogP contribution is 2.12. The average molecular weight is 220 g/mol. The molecule has 0 amide bonds. The lowest BCUT2D eigenvalue weighted by Gasteiger charge is -2.13. The van der Waals surface area contributed by atoms with Crippen LogP contribution < -0.4 is 5.76 Å². The molecular formula is C12H16N2O2. The topological polar surface area (TPSA) is 49.2 Å². The van der Waals surface area contributed by atoms with E-state index in [1.807, 2.05) is 18.2 Å². The van der Waals surface area contributed by atoms with Crippen molar-refractivity contribution in [2.45, 2.75) is 13.3 Å². The third-order valence-corrected chi connectivity index (χ3v) is 2.81. The summed E-state index contributed by atoms with van der Waals surface area (Å²) in [4.78, 5) is 15.9. The molecule has 1 aromatic carbocycles. The summed E-state index contributed by atoms with van der Waals surface area (Å²) in [6.45, 7) is 4.19. The maximum absolute atomic E-state index is 11.0. The molecule has 0 saturated heterocycles. The maximum atomic E-state index is 11.0. The third kappa shape index (κ3) is 2.33. The SMILES string of the molecule is CCN(C)CCc1ccc2[nH]c(=O)oc2c1. The highest BCUT2D eigenvalue weighted by atomic mass is 16.4. The Kier molecular flexibility index (Phi) is 3.10. The van der Waals surface area contributed by atoms with Gasteiger partial charge in [0.15, 0.2) is 5.58 Å². The van der Waals surface area contributed by atoms with Crippen LogP contribution in [0, 0.1) is 0 Å². The number of nitrogens with one attached hydrogen (secondary N) is 1. The number of rotatable bonds is 4. The summed E-state index contributed by atoms with van der Waals surface area (Å²) in [6.07, 6.45) is 0.967. The molecule has 86 valence electrons. The van der Waals surface area contributed by atoms with Crippen molar-refractivity contribution in [3.8, 4) is 0 Å². The molecular weight excluding hydrogens is 204 g/mol. The number of likely N-dealkylation sites (N-methyl/N-ethyl adjacent to an activating group) is 1. The van der Waals surface area contributed by atoms with E-state index in [0.717, 1.165) is 25.0 Å². The number of hydrogen-bond donors (Lipinski definition) is 1. The zero-order valence-corrected chi connectivity index (χ0v) is 9.62. The molecule has 0 aliphatic carbocycles. The first-order valence-corrected chi connectivity index (χ1v) is 5.49. The lowest BCUT2D eigenvalue weighted by atomic mass is 10.1. The first kappa shape index (κ1) is 11.0. The first-order valence-electron chi connectivity index (χ1n) is 5.49. The van der Waals surface area contributed by atoms with E-state index in [4.69, 9.17) is 4.42 Å². The molecule has 1 aromatic heterocycles. The van der Waals surface area contributed by atoms with E-state index in [0.29, 0.717) is 5.58 Å². The molecule has 2 rings (SSSR count). The number of aromatic amines is 1. The van der Waals surface area contributed by atoms with Crippen molar-refractivity contribution in [3.05, 3.63) is 34.3 Å². The Labute approximate surface area is 93.9 Å². The summed E-state index contributed by atoms with van der Waals surface area (Å²) in [5.41, 5.74) is 2.59. The highest BCUT2D eigenvalue weighted by Gasteiger charge is 2.02. The van der Waals surface area contributed by atoms with Gasteiger partial charge in [0, 0.05) is 6.54 Å². The Morgan fingerprint density at radius 3 is 3.00 bits per heavy atom. The molecule has 0 spiro atoms. The maximum Gasteiger partial charge on any atom is 0.417 e. The van der Waals surface area contributed by atoms with Crippen molar-refractivity contribution < 1.29 is 4.42 Å².